The number of aryl methyl sites for hydroxylation is 1. The smallest absolute Gasteiger partial charge is 0.308 e. The van der Waals surface area contributed by atoms with Crippen molar-refractivity contribution in [2.75, 3.05) is 13.1 Å². The third kappa shape index (κ3) is 2.93. The first-order chi connectivity index (χ1) is 8.47. The first-order valence-corrected chi connectivity index (χ1v) is 6.97. The molecule has 1 saturated heterocycles. The second kappa shape index (κ2) is 5.41. The van der Waals surface area contributed by atoms with Gasteiger partial charge in [-0.2, -0.15) is 0 Å². The Hall–Kier alpha value is -0.870. The number of hydrogen-bond donors (Lipinski definition) is 1. The van der Waals surface area contributed by atoms with Gasteiger partial charge in [0.25, 0.3) is 0 Å². The van der Waals surface area contributed by atoms with Gasteiger partial charge in [0.1, 0.15) is 0 Å². The van der Waals surface area contributed by atoms with Gasteiger partial charge in [-0.1, -0.05) is 28.9 Å². The minimum atomic E-state index is -0.669. The van der Waals surface area contributed by atoms with Crippen LogP contribution < -0.4 is 0 Å². The SMILES string of the molecule is Cc1cc(Br)ccc1CN1C[C@@H](C)[C@H](C(=O)O)C1. The Labute approximate surface area is 116 Å². The molecule has 98 valence electrons. The zero-order valence-electron chi connectivity index (χ0n) is 10.7. The predicted octanol–water partition coefficient (Wildman–Crippen LogP) is 2.91. The van der Waals surface area contributed by atoms with Crippen LogP contribution in [0.5, 0.6) is 0 Å². The molecule has 0 bridgehead atoms. The van der Waals surface area contributed by atoms with E-state index < -0.39 is 5.97 Å². The minimum Gasteiger partial charge on any atom is -0.481 e. The Balaban J connectivity index is 2.05. The Morgan fingerprint density at radius 2 is 2.22 bits per heavy atom. The summed E-state index contributed by atoms with van der Waals surface area (Å²) in [4.78, 5) is 13.3. The molecule has 0 unspecified atom stereocenters. The third-order valence-corrected chi connectivity index (χ3v) is 4.20. The van der Waals surface area contributed by atoms with Gasteiger partial charge in [0, 0.05) is 24.1 Å². The van der Waals surface area contributed by atoms with Crippen molar-refractivity contribution in [1.29, 1.82) is 0 Å². The largest absolute Gasteiger partial charge is 0.481 e. The van der Waals surface area contributed by atoms with Gasteiger partial charge in [0.2, 0.25) is 0 Å². The van der Waals surface area contributed by atoms with Crippen molar-refractivity contribution in [3.8, 4) is 0 Å². The third-order valence-electron chi connectivity index (χ3n) is 3.70. The molecule has 0 radical (unpaired) electrons. The summed E-state index contributed by atoms with van der Waals surface area (Å²) in [5, 5.41) is 9.13. The number of carbonyl (C=O) groups is 1. The maximum Gasteiger partial charge on any atom is 0.308 e. The second-order valence-corrected chi connectivity index (χ2v) is 6.10. The summed E-state index contributed by atoms with van der Waals surface area (Å²) in [7, 11) is 0. The topological polar surface area (TPSA) is 40.5 Å². The van der Waals surface area contributed by atoms with Crippen molar-refractivity contribution in [2.24, 2.45) is 11.8 Å². The van der Waals surface area contributed by atoms with E-state index in [4.69, 9.17) is 5.11 Å². The van der Waals surface area contributed by atoms with E-state index in [1.165, 1.54) is 11.1 Å². The Morgan fingerprint density at radius 1 is 1.50 bits per heavy atom. The Morgan fingerprint density at radius 3 is 2.78 bits per heavy atom. The molecule has 2 rings (SSSR count). The van der Waals surface area contributed by atoms with Crippen molar-refractivity contribution < 1.29 is 9.90 Å². The number of benzene rings is 1. The van der Waals surface area contributed by atoms with Gasteiger partial charge in [-0.05, 0) is 36.1 Å². The lowest BCUT2D eigenvalue weighted by atomic mass is 9.99. The monoisotopic (exact) mass is 311 g/mol. The van der Waals surface area contributed by atoms with Crippen molar-refractivity contribution >= 4 is 21.9 Å². The number of aliphatic carboxylic acids is 1. The molecule has 0 aromatic heterocycles. The molecule has 2 atom stereocenters. The summed E-state index contributed by atoms with van der Waals surface area (Å²) in [5.74, 6) is -0.656. The van der Waals surface area contributed by atoms with Crippen LogP contribution in [-0.2, 0) is 11.3 Å². The van der Waals surface area contributed by atoms with Crippen LogP contribution in [-0.4, -0.2) is 29.1 Å². The van der Waals surface area contributed by atoms with E-state index in [0.717, 1.165) is 17.6 Å². The van der Waals surface area contributed by atoms with Gasteiger partial charge in [0.05, 0.1) is 5.92 Å². The average molecular weight is 312 g/mol. The molecule has 0 amide bonds. The fourth-order valence-corrected chi connectivity index (χ4v) is 3.07. The van der Waals surface area contributed by atoms with Crippen LogP contribution in [0.3, 0.4) is 0 Å². The predicted molar refractivity (Wildman–Crippen MR) is 74.4 cm³/mol. The van der Waals surface area contributed by atoms with Crippen LogP contribution >= 0.6 is 15.9 Å². The summed E-state index contributed by atoms with van der Waals surface area (Å²) in [6, 6.07) is 6.25. The van der Waals surface area contributed by atoms with E-state index in [9.17, 15) is 4.79 Å². The van der Waals surface area contributed by atoms with E-state index in [1.54, 1.807) is 0 Å². The molecule has 1 aromatic rings. The summed E-state index contributed by atoms with van der Waals surface area (Å²) >= 11 is 3.46. The van der Waals surface area contributed by atoms with E-state index in [2.05, 4.69) is 39.9 Å². The molecule has 4 heteroatoms. The van der Waals surface area contributed by atoms with Crippen LogP contribution in [0.25, 0.3) is 0 Å². The summed E-state index contributed by atoms with van der Waals surface area (Å²) in [5.41, 5.74) is 2.52. The fraction of sp³-hybridized carbons (Fsp3) is 0.500. The minimum absolute atomic E-state index is 0.222. The summed E-state index contributed by atoms with van der Waals surface area (Å²) in [6.45, 7) is 6.48. The molecule has 0 aliphatic carbocycles. The van der Waals surface area contributed by atoms with Gasteiger partial charge >= 0.3 is 5.97 Å². The van der Waals surface area contributed by atoms with Crippen LogP contribution in [0.4, 0.5) is 0 Å². The van der Waals surface area contributed by atoms with Gasteiger partial charge in [-0.3, -0.25) is 9.69 Å². The zero-order chi connectivity index (χ0) is 13.3. The molecule has 18 heavy (non-hydrogen) atoms. The van der Waals surface area contributed by atoms with E-state index in [1.807, 2.05) is 13.0 Å². The quantitative estimate of drug-likeness (QED) is 0.933. The highest BCUT2D eigenvalue weighted by atomic mass is 79.9. The molecule has 0 spiro atoms. The molecule has 3 nitrogen and oxygen atoms in total. The van der Waals surface area contributed by atoms with Gasteiger partial charge in [-0.25, -0.2) is 0 Å². The van der Waals surface area contributed by atoms with Crippen LogP contribution in [0, 0.1) is 18.8 Å². The van der Waals surface area contributed by atoms with Crippen molar-refractivity contribution in [3.05, 3.63) is 33.8 Å². The van der Waals surface area contributed by atoms with Crippen molar-refractivity contribution in [2.45, 2.75) is 20.4 Å². The molecule has 1 aliphatic heterocycles. The molecule has 1 fully saturated rings. The van der Waals surface area contributed by atoms with E-state index >= 15 is 0 Å². The first kappa shape index (κ1) is 13.6. The Kier molecular flexibility index (Phi) is 4.07. The van der Waals surface area contributed by atoms with Gasteiger partial charge in [-0.15, -0.1) is 0 Å². The van der Waals surface area contributed by atoms with Gasteiger partial charge < -0.3 is 5.11 Å². The second-order valence-electron chi connectivity index (χ2n) is 5.19. The maximum atomic E-state index is 11.1. The van der Waals surface area contributed by atoms with E-state index in [0.29, 0.717) is 6.54 Å². The lowest BCUT2D eigenvalue weighted by molar-refractivity contribution is -0.142. The standard InChI is InChI=1S/C14H18BrNO2/c1-9-5-12(15)4-3-11(9)7-16-6-10(2)13(8-16)14(17)18/h3-5,10,13H,6-8H2,1-2H3,(H,17,18)/t10-,13-/m1/s1. The fourth-order valence-electron chi connectivity index (χ4n) is 2.60. The van der Waals surface area contributed by atoms with Crippen molar-refractivity contribution in [1.82, 2.24) is 4.90 Å². The number of likely N-dealkylation sites (tertiary alicyclic amines) is 1. The highest BCUT2D eigenvalue weighted by Crippen LogP contribution is 2.26. The number of hydrogen-bond acceptors (Lipinski definition) is 2. The number of carboxylic acids is 1. The molecular weight excluding hydrogens is 294 g/mol. The molecule has 1 N–H and O–H groups in total. The zero-order valence-corrected chi connectivity index (χ0v) is 12.3. The summed E-state index contributed by atoms with van der Waals surface area (Å²) in [6.07, 6.45) is 0. The lowest BCUT2D eigenvalue weighted by Gasteiger charge is -2.17. The first-order valence-electron chi connectivity index (χ1n) is 6.17. The molecule has 1 heterocycles. The number of carboxylic acid groups (broad SMARTS) is 1. The number of rotatable bonds is 3. The normalized spacial score (nSPS) is 24.4. The van der Waals surface area contributed by atoms with Crippen molar-refractivity contribution in [3.63, 3.8) is 0 Å². The molecule has 1 aromatic carbocycles. The number of nitrogens with zero attached hydrogens (tertiary/aromatic N) is 1. The maximum absolute atomic E-state index is 11.1. The Bertz CT molecular complexity index is 461. The number of halogens is 1. The van der Waals surface area contributed by atoms with Crippen LogP contribution in [0.2, 0.25) is 0 Å². The van der Waals surface area contributed by atoms with Gasteiger partial charge in [0.15, 0.2) is 0 Å². The highest BCUT2D eigenvalue weighted by Gasteiger charge is 2.34. The molecule has 0 saturated carbocycles. The average Bonchev–Trinajstić information content (AvgIpc) is 2.64. The van der Waals surface area contributed by atoms with Crippen LogP contribution in [0.1, 0.15) is 18.1 Å². The molecule has 1 aliphatic rings. The van der Waals surface area contributed by atoms with Crippen LogP contribution in [0.15, 0.2) is 22.7 Å². The lowest BCUT2D eigenvalue weighted by Crippen LogP contribution is -2.23. The summed E-state index contributed by atoms with van der Waals surface area (Å²) < 4.78 is 1.09. The molecular formula is C14H18BrNO2. The highest BCUT2D eigenvalue weighted by molar-refractivity contribution is 9.10. The van der Waals surface area contributed by atoms with E-state index in [-0.39, 0.29) is 11.8 Å².